The summed E-state index contributed by atoms with van der Waals surface area (Å²) >= 11 is 1.17. The summed E-state index contributed by atoms with van der Waals surface area (Å²) in [5.41, 5.74) is 0.648. The Kier molecular flexibility index (Phi) is 5.41. The van der Waals surface area contributed by atoms with Crippen molar-refractivity contribution in [3.05, 3.63) is 30.3 Å². The van der Waals surface area contributed by atoms with E-state index in [1.165, 1.54) is 16.7 Å². The smallest absolute Gasteiger partial charge is 0.255 e. The Morgan fingerprint density at radius 3 is 2.62 bits per heavy atom. The van der Waals surface area contributed by atoms with Gasteiger partial charge in [-0.3, -0.25) is 9.69 Å². The lowest BCUT2D eigenvalue weighted by Crippen LogP contribution is -2.29. The number of sulfonamides is 1. The molecule has 0 radical (unpaired) electrons. The van der Waals surface area contributed by atoms with Crippen molar-refractivity contribution in [1.82, 2.24) is 0 Å². The molecule has 0 spiro atoms. The number of amides is 1. The number of thioether (sulfide) groups is 1. The minimum atomic E-state index is -3.53. The first-order valence-electron chi connectivity index (χ1n) is 6.87. The third-order valence-electron chi connectivity index (χ3n) is 3.00. The van der Waals surface area contributed by atoms with Crippen molar-refractivity contribution >= 4 is 38.5 Å². The van der Waals surface area contributed by atoms with Crippen molar-refractivity contribution in [2.24, 2.45) is 4.40 Å². The monoisotopic (exact) mass is 326 g/mol. The summed E-state index contributed by atoms with van der Waals surface area (Å²) < 4.78 is 27.9. The molecule has 1 aliphatic heterocycles. The third-order valence-corrected chi connectivity index (χ3v) is 5.30. The van der Waals surface area contributed by atoms with E-state index in [-0.39, 0.29) is 22.6 Å². The summed E-state index contributed by atoms with van der Waals surface area (Å²) in [6, 6.07) is 8.99. The summed E-state index contributed by atoms with van der Waals surface area (Å²) in [6.07, 6.45) is 2.41. The number of anilines is 1. The van der Waals surface area contributed by atoms with Crippen LogP contribution in [0, 0.1) is 0 Å². The maximum Gasteiger partial charge on any atom is 0.255 e. The largest absolute Gasteiger partial charge is 0.273 e. The van der Waals surface area contributed by atoms with Crippen LogP contribution in [0.25, 0.3) is 0 Å². The molecule has 0 unspecified atom stereocenters. The van der Waals surface area contributed by atoms with Crippen molar-refractivity contribution in [3.8, 4) is 0 Å². The number of rotatable bonds is 6. The van der Waals surface area contributed by atoms with Gasteiger partial charge in [0.1, 0.15) is 0 Å². The third kappa shape index (κ3) is 4.31. The number of hydrogen-bond acceptors (Lipinski definition) is 4. The molecular weight excluding hydrogens is 308 g/mol. The van der Waals surface area contributed by atoms with Crippen LogP contribution in [0.5, 0.6) is 0 Å². The number of amidine groups is 1. The number of benzene rings is 1. The molecule has 0 aliphatic carbocycles. The van der Waals surface area contributed by atoms with Crippen LogP contribution in [0.3, 0.4) is 0 Å². The average molecular weight is 326 g/mol. The molecule has 1 aromatic rings. The highest BCUT2D eigenvalue weighted by atomic mass is 32.2. The van der Waals surface area contributed by atoms with Crippen molar-refractivity contribution in [1.29, 1.82) is 0 Å². The highest BCUT2D eigenvalue weighted by Gasteiger charge is 2.31. The minimum Gasteiger partial charge on any atom is -0.273 e. The molecule has 0 N–H and O–H groups in total. The van der Waals surface area contributed by atoms with Gasteiger partial charge in [-0.25, -0.2) is 8.42 Å². The first kappa shape index (κ1) is 16.0. The summed E-state index contributed by atoms with van der Waals surface area (Å²) in [4.78, 5) is 13.3. The predicted molar refractivity (Wildman–Crippen MR) is 87.1 cm³/mol. The summed E-state index contributed by atoms with van der Waals surface area (Å²) in [7, 11) is -3.53. The summed E-state index contributed by atoms with van der Waals surface area (Å²) in [6.45, 7) is 2.02. The Labute approximate surface area is 129 Å². The highest BCUT2D eigenvalue weighted by molar-refractivity contribution is 8.16. The fraction of sp³-hybridized carbons (Fsp3) is 0.429. The zero-order chi connectivity index (χ0) is 15.3. The Morgan fingerprint density at radius 1 is 1.24 bits per heavy atom. The van der Waals surface area contributed by atoms with Crippen molar-refractivity contribution in [2.75, 3.05) is 16.4 Å². The van der Waals surface area contributed by atoms with Crippen molar-refractivity contribution < 1.29 is 13.2 Å². The van der Waals surface area contributed by atoms with Crippen molar-refractivity contribution in [2.45, 2.75) is 26.2 Å². The van der Waals surface area contributed by atoms with Crippen LogP contribution < -0.4 is 4.90 Å². The van der Waals surface area contributed by atoms with Gasteiger partial charge in [0, 0.05) is 0 Å². The van der Waals surface area contributed by atoms with Gasteiger partial charge in [-0.1, -0.05) is 49.7 Å². The lowest BCUT2D eigenvalue weighted by Gasteiger charge is -2.15. The van der Waals surface area contributed by atoms with Gasteiger partial charge in [-0.2, -0.15) is 0 Å². The molecule has 1 heterocycles. The Morgan fingerprint density at radius 2 is 1.95 bits per heavy atom. The second-order valence-electron chi connectivity index (χ2n) is 4.72. The average Bonchev–Trinajstić information content (AvgIpc) is 2.80. The van der Waals surface area contributed by atoms with Gasteiger partial charge in [0.15, 0.2) is 5.17 Å². The van der Waals surface area contributed by atoms with E-state index in [2.05, 4.69) is 4.40 Å². The van der Waals surface area contributed by atoms with E-state index in [0.29, 0.717) is 12.1 Å². The van der Waals surface area contributed by atoms with Gasteiger partial charge in [-0.05, 0) is 18.6 Å². The lowest BCUT2D eigenvalue weighted by atomic mass is 10.3. The fourth-order valence-electron chi connectivity index (χ4n) is 1.96. The van der Waals surface area contributed by atoms with Crippen LogP contribution in [0.4, 0.5) is 5.69 Å². The molecule has 114 valence electrons. The number of carbonyl (C=O) groups excluding carboxylic acids is 1. The van der Waals surface area contributed by atoms with Gasteiger partial charge in [-0.15, -0.1) is 4.40 Å². The Balaban J connectivity index is 2.21. The van der Waals surface area contributed by atoms with E-state index < -0.39 is 10.0 Å². The van der Waals surface area contributed by atoms with Crippen LogP contribution in [0.2, 0.25) is 0 Å². The lowest BCUT2D eigenvalue weighted by molar-refractivity contribution is -0.115. The van der Waals surface area contributed by atoms with E-state index in [4.69, 9.17) is 0 Å². The number of hydrogen-bond donors (Lipinski definition) is 0. The maximum absolute atomic E-state index is 12.0. The molecule has 7 heteroatoms. The van der Waals surface area contributed by atoms with Gasteiger partial charge >= 0.3 is 0 Å². The number of unbranched alkanes of at least 4 members (excludes halogenated alkanes) is 2. The van der Waals surface area contributed by atoms with Gasteiger partial charge in [0.25, 0.3) is 10.0 Å². The molecule has 2 rings (SSSR count). The maximum atomic E-state index is 12.0. The quantitative estimate of drug-likeness (QED) is 0.754. The zero-order valence-electron chi connectivity index (χ0n) is 11.9. The molecular formula is C14H18N2O3S2. The van der Waals surface area contributed by atoms with Crippen LogP contribution in [0.1, 0.15) is 26.2 Å². The summed E-state index contributed by atoms with van der Waals surface area (Å²) in [5, 5.41) is 0.252. The molecule has 1 amide bonds. The number of nitrogens with zero attached hydrogens (tertiary/aromatic N) is 2. The van der Waals surface area contributed by atoms with E-state index in [0.717, 1.165) is 12.8 Å². The summed E-state index contributed by atoms with van der Waals surface area (Å²) in [5.74, 6) is 0.105. The number of carbonyl (C=O) groups is 1. The molecule has 1 aromatic carbocycles. The van der Waals surface area contributed by atoms with Gasteiger partial charge in [0.2, 0.25) is 5.91 Å². The molecule has 0 atom stereocenters. The van der Waals surface area contributed by atoms with Crippen LogP contribution in [-0.2, 0) is 14.8 Å². The van der Waals surface area contributed by atoms with Gasteiger partial charge < -0.3 is 0 Å². The van der Waals surface area contributed by atoms with E-state index in [1.807, 2.05) is 13.0 Å². The second kappa shape index (κ2) is 7.09. The van der Waals surface area contributed by atoms with E-state index >= 15 is 0 Å². The van der Waals surface area contributed by atoms with Crippen LogP contribution in [-0.4, -0.2) is 31.0 Å². The minimum absolute atomic E-state index is 0.0295. The normalized spacial score (nSPS) is 17.7. The van der Waals surface area contributed by atoms with Crippen LogP contribution >= 0.6 is 11.8 Å². The molecule has 5 nitrogen and oxygen atoms in total. The Hall–Kier alpha value is -1.34. The zero-order valence-corrected chi connectivity index (χ0v) is 13.5. The van der Waals surface area contributed by atoms with Gasteiger partial charge in [0.05, 0.1) is 17.2 Å². The Bertz CT molecular complexity index is 627. The molecule has 0 saturated carbocycles. The molecule has 1 fully saturated rings. The standard InChI is InChI=1S/C14H18N2O3S2/c1-2-3-7-10-21(18,19)15-14-16(13(17)11-20-14)12-8-5-4-6-9-12/h4-6,8-9H,2-3,7,10-11H2,1H3. The molecule has 1 saturated heterocycles. The molecule has 0 aromatic heterocycles. The first-order chi connectivity index (χ1) is 10.0. The van der Waals surface area contributed by atoms with E-state index in [1.54, 1.807) is 24.3 Å². The topological polar surface area (TPSA) is 66.8 Å². The highest BCUT2D eigenvalue weighted by Crippen LogP contribution is 2.27. The number of para-hydroxylation sites is 1. The predicted octanol–water partition coefficient (Wildman–Crippen LogP) is 2.64. The fourth-order valence-corrected chi connectivity index (χ4v) is 4.21. The molecule has 1 aliphatic rings. The van der Waals surface area contributed by atoms with Crippen molar-refractivity contribution in [3.63, 3.8) is 0 Å². The molecule has 21 heavy (non-hydrogen) atoms. The van der Waals surface area contributed by atoms with Crippen LogP contribution in [0.15, 0.2) is 34.7 Å². The second-order valence-corrected chi connectivity index (χ2v) is 7.42. The van der Waals surface area contributed by atoms with E-state index in [9.17, 15) is 13.2 Å². The SMILES string of the molecule is CCCCCS(=O)(=O)N=C1SCC(=O)N1c1ccccc1. The first-order valence-corrected chi connectivity index (χ1v) is 9.46. The molecule has 0 bridgehead atoms.